The molecule has 0 saturated carbocycles. The van der Waals surface area contributed by atoms with Gasteiger partial charge in [-0.25, -0.2) is 0 Å². The Morgan fingerprint density at radius 3 is 2.54 bits per heavy atom. The minimum absolute atomic E-state index is 0.487. The van der Waals surface area contributed by atoms with Gasteiger partial charge in [0.2, 0.25) is 8.32 Å². The molecule has 1 nitrogen and oxygen atoms in total. The summed E-state index contributed by atoms with van der Waals surface area (Å²) < 4.78 is 5.73. The number of rotatable bonds is 2. The molecule has 0 fully saturated rings. The van der Waals surface area contributed by atoms with Crippen LogP contribution < -0.4 is 0 Å². The van der Waals surface area contributed by atoms with Crippen LogP contribution in [0.3, 0.4) is 0 Å². The van der Waals surface area contributed by atoms with Gasteiger partial charge in [-0.2, -0.15) is 0 Å². The third-order valence-electron chi connectivity index (χ3n) is 1.87. The van der Waals surface area contributed by atoms with Crippen LogP contribution in [0, 0.1) is 5.92 Å². The van der Waals surface area contributed by atoms with Crippen LogP contribution in [0.4, 0.5) is 0 Å². The molecular formula is C11H18OSi. The van der Waals surface area contributed by atoms with Gasteiger partial charge >= 0.3 is 0 Å². The van der Waals surface area contributed by atoms with E-state index in [0.29, 0.717) is 5.92 Å². The van der Waals surface area contributed by atoms with Crippen LogP contribution in [0.15, 0.2) is 36.1 Å². The van der Waals surface area contributed by atoms with Gasteiger partial charge < -0.3 is 4.43 Å². The standard InChI is InChI=1S/C11H18OSi/c1-10-7-5-6-8-11(10)9-12-13(2,3)4/h5-10H,1-4H3/b11-9+. The lowest BCUT2D eigenvalue weighted by Crippen LogP contribution is -2.22. The Morgan fingerprint density at radius 2 is 2.00 bits per heavy atom. The zero-order chi connectivity index (χ0) is 9.90. The topological polar surface area (TPSA) is 9.23 Å². The summed E-state index contributed by atoms with van der Waals surface area (Å²) >= 11 is 0. The van der Waals surface area contributed by atoms with Crippen LogP contribution in [0.25, 0.3) is 0 Å². The SMILES string of the molecule is CC1C=CC=C/C1=C\O[Si](C)(C)C. The third-order valence-corrected chi connectivity index (χ3v) is 2.70. The lowest BCUT2D eigenvalue weighted by atomic mass is 9.98. The van der Waals surface area contributed by atoms with Gasteiger partial charge in [0, 0.05) is 5.92 Å². The van der Waals surface area contributed by atoms with Gasteiger partial charge in [-0.15, -0.1) is 0 Å². The Labute approximate surface area is 81.9 Å². The molecule has 0 N–H and O–H groups in total. The van der Waals surface area contributed by atoms with E-state index < -0.39 is 8.32 Å². The molecule has 1 rings (SSSR count). The summed E-state index contributed by atoms with van der Waals surface area (Å²) in [5.41, 5.74) is 1.27. The van der Waals surface area contributed by atoms with Crippen molar-refractivity contribution in [1.29, 1.82) is 0 Å². The molecule has 1 unspecified atom stereocenters. The molecule has 2 heteroatoms. The minimum Gasteiger partial charge on any atom is -0.549 e. The van der Waals surface area contributed by atoms with Crippen molar-refractivity contribution in [1.82, 2.24) is 0 Å². The first-order valence-corrected chi connectivity index (χ1v) is 8.12. The van der Waals surface area contributed by atoms with Crippen molar-refractivity contribution in [3.63, 3.8) is 0 Å². The molecule has 0 bridgehead atoms. The van der Waals surface area contributed by atoms with E-state index in [1.54, 1.807) is 0 Å². The first-order chi connectivity index (χ1) is 5.99. The van der Waals surface area contributed by atoms with E-state index in [1.165, 1.54) is 5.57 Å². The quantitative estimate of drug-likeness (QED) is 0.483. The fourth-order valence-electron chi connectivity index (χ4n) is 1.05. The van der Waals surface area contributed by atoms with Crippen molar-refractivity contribution in [2.75, 3.05) is 0 Å². The van der Waals surface area contributed by atoms with E-state index in [4.69, 9.17) is 4.43 Å². The lowest BCUT2D eigenvalue weighted by molar-refractivity contribution is 0.470. The summed E-state index contributed by atoms with van der Waals surface area (Å²) in [4.78, 5) is 0. The van der Waals surface area contributed by atoms with E-state index in [-0.39, 0.29) is 0 Å². The van der Waals surface area contributed by atoms with E-state index in [1.807, 2.05) is 6.26 Å². The molecule has 1 atom stereocenters. The molecule has 13 heavy (non-hydrogen) atoms. The second-order valence-electron chi connectivity index (χ2n) is 4.38. The van der Waals surface area contributed by atoms with Crippen molar-refractivity contribution < 1.29 is 4.43 Å². The summed E-state index contributed by atoms with van der Waals surface area (Å²) in [7, 11) is -1.41. The zero-order valence-corrected chi connectivity index (χ0v) is 9.87. The van der Waals surface area contributed by atoms with E-state index in [9.17, 15) is 0 Å². The van der Waals surface area contributed by atoms with Crippen LogP contribution in [0.5, 0.6) is 0 Å². The summed E-state index contributed by atoms with van der Waals surface area (Å²) in [5, 5.41) is 0. The third kappa shape index (κ3) is 3.64. The van der Waals surface area contributed by atoms with Crippen LogP contribution in [-0.4, -0.2) is 8.32 Å². The molecule has 0 spiro atoms. The van der Waals surface area contributed by atoms with Gasteiger partial charge in [-0.1, -0.05) is 31.2 Å². The number of allylic oxidation sites excluding steroid dienone is 5. The van der Waals surface area contributed by atoms with Gasteiger partial charge in [-0.05, 0) is 25.2 Å². The first-order valence-electron chi connectivity index (χ1n) is 4.72. The Balaban J connectivity index is 2.62. The minimum atomic E-state index is -1.41. The van der Waals surface area contributed by atoms with Gasteiger partial charge in [-0.3, -0.25) is 0 Å². The lowest BCUT2D eigenvalue weighted by Gasteiger charge is -2.18. The van der Waals surface area contributed by atoms with Crippen molar-refractivity contribution in [2.45, 2.75) is 26.6 Å². The first kappa shape index (κ1) is 10.3. The molecule has 0 radical (unpaired) electrons. The Hall–Kier alpha value is -0.763. The Kier molecular flexibility index (Phi) is 3.15. The van der Waals surface area contributed by atoms with Gasteiger partial charge in [0.15, 0.2) is 0 Å². The van der Waals surface area contributed by atoms with Crippen LogP contribution in [0.1, 0.15) is 6.92 Å². The maximum Gasteiger partial charge on any atom is 0.241 e. The molecule has 1 aliphatic carbocycles. The summed E-state index contributed by atoms with van der Waals surface area (Å²) in [6, 6.07) is 0. The number of hydrogen-bond donors (Lipinski definition) is 0. The monoisotopic (exact) mass is 194 g/mol. The number of hydrogen-bond acceptors (Lipinski definition) is 1. The second-order valence-corrected chi connectivity index (χ2v) is 8.84. The highest BCUT2D eigenvalue weighted by Crippen LogP contribution is 2.19. The Bertz CT molecular complexity index is 256. The van der Waals surface area contributed by atoms with Crippen LogP contribution in [-0.2, 0) is 4.43 Å². The Morgan fingerprint density at radius 1 is 1.31 bits per heavy atom. The molecule has 0 heterocycles. The predicted molar refractivity (Wildman–Crippen MR) is 60.0 cm³/mol. The molecule has 0 aromatic carbocycles. The largest absolute Gasteiger partial charge is 0.549 e. The maximum atomic E-state index is 5.73. The average molecular weight is 194 g/mol. The highest BCUT2D eigenvalue weighted by Gasteiger charge is 2.14. The van der Waals surface area contributed by atoms with Crippen molar-refractivity contribution in [3.05, 3.63) is 36.1 Å². The molecule has 1 aliphatic rings. The second kappa shape index (κ2) is 3.96. The van der Waals surface area contributed by atoms with Gasteiger partial charge in [0.25, 0.3) is 0 Å². The smallest absolute Gasteiger partial charge is 0.241 e. The summed E-state index contributed by atoms with van der Waals surface area (Å²) in [6.45, 7) is 8.75. The summed E-state index contributed by atoms with van der Waals surface area (Å²) in [6.07, 6.45) is 10.4. The van der Waals surface area contributed by atoms with Crippen molar-refractivity contribution in [3.8, 4) is 0 Å². The average Bonchev–Trinajstić information content (AvgIpc) is 2.01. The fourth-order valence-corrected chi connectivity index (χ4v) is 1.54. The maximum absolute atomic E-state index is 5.73. The van der Waals surface area contributed by atoms with Crippen molar-refractivity contribution >= 4 is 8.32 Å². The summed E-state index contributed by atoms with van der Waals surface area (Å²) in [5.74, 6) is 0.487. The fraction of sp³-hybridized carbons (Fsp3) is 0.455. The molecule has 0 amide bonds. The van der Waals surface area contributed by atoms with E-state index in [2.05, 4.69) is 50.9 Å². The van der Waals surface area contributed by atoms with Gasteiger partial charge in [0.05, 0.1) is 6.26 Å². The predicted octanol–water partition coefficient (Wildman–Crippen LogP) is 3.48. The van der Waals surface area contributed by atoms with Gasteiger partial charge in [0.1, 0.15) is 0 Å². The van der Waals surface area contributed by atoms with Crippen LogP contribution in [0.2, 0.25) is 19.6 Å². The highest BCUT2D eigenvalue weighted by atomic mass is 28.4. The van der Waals surface area contributed by atoms with E-state index in [0.717, 1.165) is 0 Å². The normalized spacial score (nSPS) is 25.2. The van der Waals surface area contributed by atoms with Crippen LogP contribution >= 0.6 is 0 Å². The molecular weight excluding hydrogens is 176 g/mol. The molecule has 0 saturated heterocycles. The highest BCUT2D eigenvalue weighted by molar-refractivity contribution is 6.69. The van der Waals surface area contributed by atoms with E-state index >= 15 is 0 Å². The van der Waals surface area contributed by atoms with Crippen molar-refractivity contribution in [2.24, 2.45) is 5.92 Å². The molecule has 0 aliphatic heterocycles. The molecule has 0 aromatic heterocycles. The molecule has 72 valence electrons. The molecule has 0 aromatic rings. The zero-order valence-electron chi connectivity index (χ0n) is 8.87.